The van der Waals surface area contributed by atoms with Crippen molar-refractivity contribution in [3.63, 3.8) is 0 Å². The summed E-state index contributed by atoms with van der Waals surface area (Å²) in [7, 11) is 0. The van der Waals surface area contributed by atoms with Crippen molar-refractivity contribution < 1.29 is 0 Å². The molecule has 0 rings (SSSR count). The van der Waals surface area contributed by atoms with Crippen LogP contribution in [0.5, 0.6) is 0 Å². The summed E-state index contributed by atoms with van der Waals surface area (Å²) >= 11 is 0. The number of hydrogen-bond acceptors (Lipinski definition) is 0. The summed E-state index contributed by atoms with van der Waals surface area (Å²) in [5, 5.41) is 0. The van der Waals surface area contributed by atoms with E-state index in [4.69, 9.17) is 0 Å². The van der Waals surface area contributed by atoms with Crippen LogP contribution in [0.1, 0.15) is 67.7 Å². The molecule has 0 bridgehead atoms. The highest BCUT2D eigenvalue weighted by atomic mass is 14.3. The molecule has 0 aromatic rings. The van der Waals surface area contributed by atoms with E-state index in [1.807, 2.05) is 0 Å². The second kappa shape index (κ2) is 7.30. The van der Waals surface area contributed by atoms with Gasteiger partial charge in [-0.05, 0) is 42.4 Å². The molecule has 0 aromatic carbocycles. The first-order chi connectivity index (χ1) is 6.88. The van der Waals surface area contributed by atoms with Crippen LogP contribution in [0.25, 0.3) is 0 Å². The van der Waals surface area contributed by atoms with Crippen LogP contribution in [0.15, 0.2) is 0 Å². The van der Waals surface area contributed by atoms with Gasteiger partial charge < -0.3 is 0 Å². The summed E-state index contributed by atoms with van der Waals surface area (Å²) in [4.78, 5) is 0. The molecule has 0 heterocycles. The van der Waals surface area contributed by atoms with E-state index in [2.05, 4.69) is 48.5 Å². The molecule has 0 fully saturated rings. The largest absolute Gasteiger partial charge is 0.0651 e. The highest BCUT2D eigenvalue weighted by molar-refractivity contribution is 4.73. The third kappa shape index (κ3) is 6.22. The Morgan fingerprint density at radius 2 is 1.13 bits per heavy atom. The molecule has 92 valence electrons. The Labute approximate surface area is 97.8 Å². The molecule has 0 aliphatic heterocycles. The average molecular weight is 212 g/mol. The van der Waals surface area contributed by atoms with Crippen LogP contribution < -0.4 is 0 Å². The molecule has 0 saturated carbocycles. The molecule has 0 radical (unpaired) electrons. The number of hydrogen-bond donors (Lipinski definition) is 0. The maximum atomic E-state index is 2.46. The first kappa shape index (κ1) is 15.0. The topological polar surface area (TPSA) is 0 Å². The Hall–Kier alpha value is 0. The zero-order valence-electron chi connectivity index (χ0n) is 12.0. The van der Waals surface area contributed by atoms with Gasteiger partial charge in [0.2, 0.25) is 0 Å². The van der Waals surface area contributed by atoms with Gasteiger partial charge in [0.05, 0.1) is 0 Å². The minimum absolute atomic E-state index is 0.847. The Kier molecular flexibility index (Phi) is 7.30. The van der Waals surface area contributed by atoms with Crippen LogP contribution in [0, 0.1) is 29.6 Å². The molecule has 2 unspecified atom stereocenters. The van der Waals surface area contributed by atoms with Gasteiger partial charge in [-0.2, -0.15) is 0 Å². The molecule has 15 heavy (non-hydrogen) atoms. The molecule has 0 heteroatoms. The van der Waals surface area contributed by atoms with E-state index in [0.717, 1.165) is 29.6 Å². The zero-order chi connectivity index (χ0) is 12.0. The van der Waals surface area contributed by atoms with E-state index in [-0.39, 0.29) is 0 Å². The van der Waals surface area contributed by atoms with Crippen molar-refractivity contribution in [1.82, 2.24) is 0 Å². The Balaban J connectivity index is 4.32. The Bertz CT molecular complexity index is 136. The fraction of sp³-hybridized carbons (Fsp3) is 1.00. The maximum Gasteiger partial charge on any atom is -0.0381 e. The Morgan fingerprint density at radius 1 is 0.733 bits per heavy atom. The molecule has 0 nitrogen and oxygen atoms in total. The van der Waals surface area contributed by atoms with Gasteiger partial charge in [0.15, 0.2) is 0 Å². The summed E-state index contributed by atoms with van der Waals surface area (Å²) in [6.45, 7) is 16.6. The smallest absolute Gasteiger partial charge is 0.0381 e. The highest BCUT2D eigenvalue weighted by Gasteiger charge is 2.23. The summed E-state index contributed by atoms with van der Waals surface area (Å²) in [6.07, 6.45) is 4.14. The fourth-order valence-electron chi connectivity index (χ4n) is 2.57. The minimum atomic E-state index is 0.847. The summed E-state index contributed by atoms with van der Waals surface area (Å²) in [6, 6.07) is 0. The van der Waals surface area contributed by atoms with Gasteiger partial charge in [0.1, 0.15) is 0 Å². The van der Waals surface area contributed by atoms with E-state index < -0.39 is 0 Å². The lowest BCUT2D eigenvalue weighted by molar-refractivity contribution is 0.194. The average Bonchev–Trinajstić information content (AvgIpc) is 2.13. The second-order valence-electron chi connectivity index (χ2n) is 6.26. The van der Waals surface area contributed by atoms with Crippen LogP contribution in [0.2, 0.25) is 0 Å². The summed E-state index contributed by atoms with van der Waals surface area (Å²) < 4.78 is 0. The van der Waals surface area contributed by atoms with E-state index in [9.17, 15) is 0 Å². The summed E-state index contributed by atoms with van der Waals surface area (Å²) in [5.41, 5.74) is 0. The van der Waals surface area contributed by atoms with Gasteiger partial charge in [-0.1, -0.05) is 54.9 Å². The molecule has 0 saturated heterocycles. The monoisotopic (exact) mass is 212 g/mol. The van der Waals surface area contributed by atoms with Gasteiger partial charge in [-0.3, -0.25) is 0 Å². The lowest BCUT2D eigenvalue weighted by Crippen LogP contribution is -2.22. The second-order valence-corrected chi connectivity index (χ2v) is 6.26. The SMILES string of the molecule is CCC(C)C(C)C(CC(C)C)CC(C)C. The van der Waals surface area contributed by atoms with Gasteiger partial charge in [0, 0.05) is 0 Å². The van der Waals surface area contributed by atoms with Crippen molar-refractivity contribution in [2.75, 3.05) is 0 Å². The first-order valence-corrected chi connectivity index (χ1v) is 6.88. The van der Waals surface area contributed by atoms with E-state index in [1.54, 1.807) is 0 Å². The van der Waals surface area contributed by atoms with Crippen molar-refractivity contribution in [2.45, 2.75) is 67.7 Å². The van der Waals surface area contributed by atoms with Crippen LogP contribution in [0.3, 0.4) is 0 Å². The predicted octanol–water partition coefficient (Wildman–Crippen LogP) is 5.38. The molecule has 0 spiro atoms. The van der Waals surface area contributed by atoms with Crippen molar-refractivity contribution in [3.8, 4) is 0 Å². The third-order valence-electron chi connectivity index (χ3n) is 3.83. The molecule has 0 amide bonds. The number of rotatable bonds is 7. The first-order valence-electron chi connectivity index (χ1n) is 6.88. The van der Waals surface area contributed by atoms with Crippen molar-refractivity contribution in [3.05, 3.63) is 0 Å². The van der Waals surface area contributed by atoms with Crippen LogP contribution >= 0.6 is 0 Å². The van der Waals surface area contributed by atoms with Crippen molar-refractivity contribution >= 4 is 0 Å². The minimum Gasteiger partial charge on any atom is -0.0651 e. The molecule has 0 aliphatic rings. The van der Waals surface area contributed by atoms with E-state index in [1.165, 1.54) is 19.3 Å². The van der Waals surface area contributed by atoms with Gasteiger partial charge in [-0.25, -0.2) is 0 Å². The molecule has 2 atom stereocenters. The molecular formula is C15H32. The van der Waals surface area contributed by atoms with Crippen LogP contribution in [-0.4, -0.2) is 0 Å². The zero-order valence-corrected chi connectivity index (χ0v) is 12.0. The van der Waals surface area contributed by atoms with Gasteiger partial charge >= 0.3 is 0 Å². The lowest BCUT2D eigenvalue weighted by Gasteiger charge is -2.31. The van der Waals surface area contributed by atoms with Gasteiger partial charge in [0.25, 0.3) is 0 Å². The highest BCUT2D eigenvalue weighted by Crippen LogP contribution is 2.32. The molecule has 0 aliphatic carbocycles. The van der Waals surface area contributed by atoms with Gasteiger partial charge in [-0.15, -0.1) is 0 Å². The van der Waals surface area contributed by atoms with E-state index in [0.29, 0.717) is 0 Å². The van der Waals surface area contributed by atoms with Crippen LogP contribution in [-0.2, 0) is 0 Å². The van der Waals surface area contributed by atoms with E-state index >= 15 is 0 Å². The predicted molar refractivity (Wildman–Crippen MR) is 71.0 cm³/mol. The molecule has 0 aromatic heterocycles. The van der Waals surface area contributed by atoms with Crippen LogP contribution in [0.4, 0.5) is 0 Å². The standard InChI is InChI=1S/C15H32/c1-8-13(6)14(7)15(9-11(2)3)10-12(4)5/h11-15H,8-10H2,1-7H3. The maximum absolute atomic E-state index is 2.46. The van der Waals surface area contributed by atoms with Crippen molar-refractivity contribution in [1.29, 1.82) is 0 Å². The quantitative estimate of drug-likeness (QED) is 0.531. The Morgan fingerprint density at radius 3 is 1.40 bits per heavy atom. The summed E-state index contributed by atoms with van der Waals surface area (Å²) in [5.74, 6) is 4.40. The lowest BCUT2D eigenvalue weighted by atomic mass is 9.75. The fourth-order valence-corrected chi connectivity index (χ4v) is 2.57. The van der Waals surface area contributed by atoms with Crippen molar-refractivity contribution in [2.24, 2.45) is 29.6 Å². The third-order valence-corrected chi connectivity index (χ3v) is 3.83. The molecule has 0 N–H and O–H groups in total. The normalized spacial score (nSPS) is 16.4. The molecular weight excluding hydrogens is 180 g/mol.